The summed E-state index contributed by atoms with van der Waals surface area (Å²) in [6.45, 7) is 2.92. The fraction of sp³-hybridized carbons (Fsp3) is 0.481. The molecule has 36 heavy (non-hydrogen) atoms. The van der Waals surface area contributed by atoms with E-state index in [2.05, 4.69) is 25.2 Å². The second kappa shape index (κ2) is 10.3. The molecular weight excluding hydrogens is 456 g/mol. The number of imidazole rings is 1. The van der Waals surface area contributed by atoms with Crippen molar-refractivity contribution in [3.05, 3.63) is 52.7 Å². The minimum absolute atomic E-state index is 0.102. The van der Waals surface area contributed by atoms with Crippen molar-refractivity contribution >= 4 is 22.7 Å². The van der Waals surface area contributed by atoms with Gasteiger partial charge in [0.2, 0.25) is 11.8 Å². The van der Waals surface area contributed by atoms with E-state index in [0.717, 1.165) is 69.1 Å². The predicted octanol–water partition coefficient (Wildman–Crippen LogP) is 3.00. The smallest absolute Gasteiger partial charge is 0.257 e. The highest BCUT2D eigenvalue weighted by atomic mass is 16.2. The van der Waals surface area contributed by atoms with Crippen LogP contribution in [0.5, 0.6) is 0 Å². The topological polar surface area (TPSA) is 137 Å². The molecule has 1 aromatic carbocycles. The predicted molar refractivity (Wildman–Crippen MR) is 138 cm³/mol. The third-order valence-electron chi connectivity index (χ3n) is 7.89. The highest BCUT2D eigenvalue weighted by Crippen LogP contribution is 2.41. The van der Waals surface area contributed by atoms with Crippen molar-refractivity contribution in [3.63, 3.8) is 0 Å². The zero-order valence-corrected chi connectivity index (χ0v) is 20.5. The number of rotatable bonds is 10. The van der Waals surface area contributed by atoms with Crippen molar-refractivity contribution in [2.75, 3.05) is 19.6 Å². The van der Waals surface area contributed by atoms with Gasteiger partial charge in [0, 0.05) is 11.9 Å². The molecule has 6 rings (SSSR count). The second-order valence-electron chi connectivity index (χ2n) is 10.2. The first-order valence-electron chi connectivity index (χ1n) is 12.9. The van der Waals surface area contributed by atoms with E-state index >= 15 is 0 Å². The molecule has 1 atom stereocenters. The molecule has 3 aromatic rings. The minimum Gasteiger partial charge on any atom is -0.370 e. The van der Waals surface area contributed by atoms with Gasteiger partial charge in [0.05, 0.1) is 28.9 Å². The third kappa shape index (κ3) is 5.06. The normalized spacial score (nSPS) is 21.9. The number of pyridine rings is 1. The van der Waals surface area contributed by atoms with Crippen molar-refractivity contribution in [1.29, 1.82) is 0 Å². The number of H-pyrrole nitrogens is 2. The molecule has 9 heteroatoms. The van der Waals surface area contributed by atoms with Gasteiger partial charge in [0.1, 0.15) is 5.82 Å². The summed E-state index contributed by atoms with van der Waals surface area (Å²) in [6, 6.07) is 9.21. The number of hydrogen-bond donors (Lipinski definition) is 4. The first kappa shape index (κ1) is 24.2. The van der Waals surface area contributed by atoms with Crippen molar-refractivity contribution < 1.29 is 9.59 Å². The lowest BCUT2D eigenvalue weighted by Gasteiger charge is -2.47. The Hall–Kier alpha value is -3.46. The summed E-state index contributed by atoms with van der Waals surface area (Å²) < 4.78 is 0. The first-order valence-corrected chi connectivity index (χ1v) is 12.9. The van der Waals surface area contributed by atoms with Crippen LogP contribution in [-0.4, -0.2) is 51.3 Å². The SMILES string of the molecule is NC(=O)CCCCC[C@H](NC(=O)C12CCN(CC1)CC2)c1ncc(-c2cc3ccccc3[nH]c2=O)[nH]1. The van der Waals surface area contributed by atoms with Crippen LogP contribution in [0.1, 0.15) is 63.2 Å². The zero-order valence-electron chi connectivity index (χ0n) is 20.5. The highest BCUT2D eigenvalue weighted by Gasteiger charge is 2.45. The maximum atomic E-state index is 13.5. The molecule has 3 aliphatic heterocycles. The molecule has 3 fully saturated rings. The highest BCUT2D eigenvalue weighted by molar-refractivity contribution is 5.84. The standard InChI is InChI=1S/C27H34N6O3/c28-23(34)9-3-1-2-8-21(32-26(36)27-10-13-33(14-11-27)15-12-27)24-29-17-22(30-24)19-16-18-6-4-5-7-20(18)31-25(19)35/h4-7,16-17,21H,1-3,8-15H2,(H2,28,34)(H,29,30)(H,31,35)(H,32,36)/t21-/m0/s1. The Morgan fingerprint density at radius 3 is 2.58 bits per heavy atom. The van der Waals surface area contributed by atoms with Crippen molar-refractivity contribution in [1.82, 2.24) is 25.2 Å². The molecule has 5 heterocycles. The van der Waals surface area contributed by atoms with Crippen LogP contribution >= 0.6 is 0 Å². The molecule has 0 aliphatic carbocycles. The third-order valence-corrected chi connectivity index (χ3v) is 7.89. The summed E-state index contributed by atoms with van der Waals surface area (Å²) in [5, 5.41) is 4.23. The van der Waals surface area contributed by atoms with Crippen LogP contribution in [0.4, 0.5) is 0 Å². The number of unbranched alkanes of at least 4 members (excludes halogenated alkanes) is 2. The average molecular weight is 491 g/mol. The molecule has 3 saturated heterocycles. The number of primary amides is 1. The number of carbonyl (C=O) groups excluding carboxylic acids is 2. The Balaban J connectivity index is 1.36. The van der Waals surface area contributed by atoms with Gasteiger partial charge in [-0.25, -0.2) is 4.98 Å². The van der Waals surface area contributed by atoms with E-state index in [1.54, 1.807) is 6.20 Å². The number of fused-ring (bicyclic) bond motifs is 4. The Kier molecular flexibility index (Phi) is 6.91. The van der Waals surface area contributed by atoms with Crippen LogP contribution in [0.25, 0.3) is 22.2 Å². The van der Waals surface area contributed by atoms with E-state index in [4.69, 9.17) is 5.73 Å². The lowest BCUT2D eigenvalue weighted by Crippen LogP contribution is -2.55. The van der Waals surface area contributed by atoms with E-state index in [1.807, 2.05) is 30.3 Å². The van der Waals surface area contributed by atoms with Gasteiger partial charge in [-0.2, -0.15) is 0 Å². The Bertz CT molecular complexity index is 1290. The number of nitrogens with two attached hydrogens (primary N) is 1. The summed E-state index contributed by atoms with van der Waals surface area (Å²) >= 11 is 0. The minimum atomic E-state index is -0.302. The molecule has 2 bridgehead atoms. The van der Waals surface area contributed by atoms with Gasteiger partial charge < -0.3 is 25.9 Å². The lowest BCUT2D eigenvalue weighted by atomic mass is 9.71. The molecule has 0 radical (unpaired) electrons. The quantitative estimate of drug-likeness (QED) is 0.324. The second-order valence-corrected chi connectivity index (χ2v) is 10.2. The van der Waals surface area contributed by atoms with Crippen LogP contribution < -0.4 is 16.6 Å². The fourth-order valence-corrected chi connectivity index (χ4v) is 5.58. The monoisotopic (exact) mass is 490 g/mol. The van der Waals surface area contributed by atoms with Crippen LogP contribution in [0.2, 0.25) is 0 Å². The molecule has 0 unspecified atom stereocenters. The summed E-state index contributed by atoms with van der Waals surface area (Å²) in [5.41, 5.74) is 6.69. The molecule has 190 valence electrons. The van der Waals surface area contributed by atoms with E-state index in [-0.39, 0.29) is 28.8 Å². The number of nitrogens with zero attached hydrogens (tertiary/aromatic N) is 2. The summed E-state index contributed by atoms with van der Waals surface area (Å²) in [4.78, 5) is 50.6. The molecule has 3 aliphatic rings. The van der Waals surface area contributed by atoms with Crippen LogP contribution in [0, 0.1) is 5.41 Å². The Labute approximate surface area is 209 Å². The van der Waals surface area contributed by atoms with Gasteiger partial charge in [0.25, 0.3) is 5.56 Å². The Morgan fingerprint density at radius 2 is 1.83 bits per heavy atom. The number of aromatic nitrogens is 3. The van der Waals surface area contributed by atoms with Crippen LogP contribution in [0.15, 0.2) is 41.3 Å². The molecule has 2 amide bonds. The van der Waals surface area contributed by atoms with E-state index in [9.17, 15) is 14.4 Å². The summed E-state index contributed by atoms with van der Waals surface area (Å²) in [6.07, 6.45) is 7.78. The van der Waals surface area contributed by atoms with Gasteiger partial charge in [-0.05, 0) is 69.3 Å². The summed E-state index contributed by atoms with van der Waals surface area (Å²) in [7, 11) is 0. The van der Waals surface area contributed by atoms with Crippen LogP contribution in [0.3, 0.4) is 0 Å². The first-order chi connectivity index (χ1) is 17.4. The number of para-hydroxylation sites is 1. The molecule has 9 nitrogen and oxygen atoms in total. The molecule has 5 N–H and O–H groups in total. The maximum Gasteiger partial charge on any atom is 0.257 e. The van der Waals surface area contributed by atoms with Gasteiger partial charge >= 0.3 is 0 Å². The molecular formula is C27H34N6O3. The van der Waals surface area contributed by atoms with Crippen molar-refractivity contribution in [3.8, 4) is 11.3 Å². The summed E-state index contributed by atoms with van der Waals surface area (Å²) in [5.74, 6) is 0.454. The molecule has 0 saturated carbocycles. The van der Waals surface area contributed by atoms with Crippen molar-refractivity contribution in [2.24, 2.45) is 11.1 Å². The number of hydrogen-bond acceptors (Lipinski definition) is 5. The van der Waals surface area contributed by atoms with Gasteiger partial charge in [-0.15, -0.1) is 0 Å². The van der Waals surface area contributed by atoms with Gasteiger partial charge in [0.15, 0.2) is 0 Å². The van der Waals surface area contributed by atoms with Gasteiger partial charge in [-0.3, -0.25) is 14.4 Å². The number of piperidine rings is 3. The maximum absolute atomic E-state index is 13.5. The average Bonchev–Trinajstić information content (AvgIpc) is 3.38. The van der Waals surface area contributed by atoms with E-state index in [1.165, 1.54) is 0 Å². The molecule has 2 aromatic heterocycles. The number of nitrogens with one attached hydrogen (secondary N) is 3. The number of benzene rings is 1. The van der Waals surface area contributed by atoms with Crippen LogP contribution in [-0.2, 0) is 9.59 Å². The number of carbonyl (C=O) groups is 2. The Morgan fingerprint density at radius 1 is 1.08 bits per heavy atom. The fourth-order valence-electron chi connectivity index (χ4n) is 5.58. The van der Waals surface area contributed by atoms with Crippen molar-refractivity contribution in [2.45, 2.75) is 57.4 Å². The van der Waals surface area contributed by atoms with Gasteiger partial charge in [-0.1, -0.05) is 31.0 Å². The number of amides is 2. The number of aromatic amines is 2. The van der Waals surface area contributed by atoms with E-state index < -0.39 is 0 Å². The molecule has 0 spiro atoms. The zero-order chi connectivity index (χ0) is 25.1. The lowest BCUT2D eigenvalue weighted by molar-refractivity contribution is -0.139. The largest absolute Gasteiger partial charge is 0.370 e. The van der Waals surface area contributed by atoms with E-state index in [0.29, 0.717) is 29.9 Å².